The van der Waals surface area contributed by atoms with Crippen LogP contribution in [0.5, 0.6) is 0 Å². The van der Waals surface area contributed by atoms with Crippen LogP contribution in [-0.2, 0) is 0 Å². The van der Waals surface area contributed by atoms with Gasteiger partial charge in [-0.1, -0.05) is 19.8 Å². The highest BCUT2D eigenvalue weighted by molar-refractivity contribution is 5.79. The smallest absolute Gasteiger partial charge is 0.204 e. The Hall–Kier alpha value is -1.31. The van der Waals surface area contributed by atoms with Crippen LogP contribution in [0.1, 0.15) is 26.2 Å². The number of nitrogens with two attached hydrogens (primary N) is 1. The Morgan fingerprint density at radius 1 is 1.57 bits per heavy atom. The fourth-order valence-electron chi connectivity index (χ4n) is 0.941. The van der Waals surface area contributed by atoms with Crippen molar-refractivity contribution in [1.82, 2.24) is 4.90 Å². The zero-order valence-corrected chi connectivity index (χ0v) is 8.54. The van der Waals surface area contributed by atoms with Crippen molar-refractivity contribution in [3.05, 3.63) is 0 Å². The van der Waals surface area contributed by atoms with Gasteiger partial charge in [-0.15, -0.1) is 0 Å². The van der Waals surface area contributed by atoms with E-state index < -0.39 is 6.67 Å². The molecule has 0 rings (SSSR count). The highest BCUT2D eigenvalue weighted by Crippen LogP contribution is 1.94. The molecule has 80 valence electrons. The monoisotopic (exact) mass is 200 g/mol. The highest BCUT2D eigenvalue weighted by Gasteiger charge is 2.04. The second-order valence-corrected chi connectivity index (χ2v) is 2.89. The van der Waals surface area contributed by atoms with E-state index in [0.29, 0.717) is 6.54 Å². The summed E-state index contributed by atoms with van der Waals surface area (Å²) in [4.78, 5) is 5.04. The van der Waals surface area contributed by atoms with E-state index in [2.05, 4.69) is 11.9 Å². The van der Waals surface area contributed by atoms with E-state index >= 15 is 0 Å². The number of hydrogen-bond acceptors (Lipinski definition) is 2. The Bertz CT molecular complexity index is 209. The molecular formula is C9H17FN4. The first-order chi connectivity index (χ1) is 6.76. The van der Waals surface area contributed by atoms with E-state index in [4.69, 9.17) is 11.0 Å². The van der Waals surface area contributed by atoms with Crippen LogP contribution in [0.4, 0.5) is 4.39 Å². The van der Waals surface area contributed by atoms with Crippen LogP contribution in [0.15, 0.2) is 4.99 Å². The molecule has 0 heterocycles. The summed E-state index contributed by atoms with van der Waals surface area (Å²) in [6, 6.07) is 0. The van der Waals surface area contributed by atoms with Crippen molar-refractivity contribution >= 4 is 5.96 Å². The Morgan fingerprint density at radius 2 is 2.29 bits per heavy atom. The van der Waals surface area contributed by atoms with E-state index in [0.717, 1.165) is 24.2 Å². The lowest BCUT2D eigenvalue weighted by atomic mass is 10.2. The van der Waals surface area contributed by atoms with Gasteiger partial charge in [-0.25, -0.2) is 9.29 Å². The zero-order valence-electron chi connectivity index (χ0n) is 8.54. The molecule has 0 atom stereocenters. The van der Waals surface area contributed by atoms with Gasteiger partial charge in [-0.2, -0.15) is 5.26 Å². The molecule has 0 aliphatic carbocycles. The fourth-order valence-corrected chi connectivity index (χ4v) is 0.941. The molecule has 0 aromatic rings. The number of rotatable bonds is 6. The van der Waals surface area contributed by atoms with Gasteiger partial charge >= 0.3 is 0 Å². The predicted octanol–water partition coefficient (Wildman–Crippen LogP) is 1.24. The number of guanidine groups is 1. The van der Waals surface area contributed by atoms with Crippen molar-refractivity contribution < 1.29 is 4.39 Å². The lowest BCUT2D eigenvalue weighted by Gasteiger charge is -2.11. The standard InChI is InChI=1S/C9H17FN4/c1-2-3-4-6-13-9(12)14(8-11)7-5-10/h2-7H2,1H3,(H2,12,13). The van der Waals surface area contributed by atoms with Crippen LogP contribution in [0.25, 0.3) is 0 Å². The van der Waals surface area contributed by atoms with Crippen LogP contribution >= 0.6 is 0 Å². The SMILES string of the molecule is CCCCCN=C(N)N(C#N)CCF. The van der Waals surface area contributed by atoms with Crippen LogP contribution < -0.4 is 5.73 Å². The van der Waals surface area contributed by atoms with Crippen molar-refractivity contribution in [2.45, 2.75) is 26.2 Å². The zero-order chi connectivity index (χ0) is 10.8. The lowest BCUT2D eigenvalue weighted by molar-refractivity contribution is 0.421. The van der Waals surface area contributed by atoms with Gasteiger partial charge in [0.1, 0.15) is 6.67 Å². The van der Waals surface area contributed by atoms with Crippen molar-refractivity contribution in [2.24, 2.45) is 10.7 Å². The molecule has 5 heteroatoms. The molecule has 0 saturated carbocycles. The number of halogens is 1. The topological polar surface area (TPSA) is 65.4 Å². The first-order valence-corrected chi connectivity index (χ1v) is 4.79. The molecule has 0 aromatic carbocycles. The third-order valence-electron chi connectivity index (χ3n) is 1.74. The van der Waals surface area contributed by atoms with Gasteiger partial charge in [0.25, 0.3) is 0 Å². The summed E-state index contributed by atoms with van der Waals surface area (Å²) in [5, 5.41) is 8.58. The third-order valence-corrected chi connectivity index (χ3v) is 1.74. The molecule has 4 nitrogen and oxygen atoms in total. The maximum absolute atomic E-state index is 11.9. The van der Waals surface area contributed by atoms with Crippen LogP contribution in [0.3, 0.4) is 0 Å². The van der Waals surface area contributed by atoms with Gasteiger partial charge in [-0.05, 0) is 6.42 Å². The lowest BCUT2D eigenvalue weighted by Crippen LogP contribution is -2.35. The van der Waals surface area contributed by atoms with Crippen LogP contribution in [0.2, 0.25) is 0 Å². The first kappa shape index (κ1) is 12.7. The van der Waals surface area contributed by atoms with Gasteiger partial charge in [0, 0.05) is 6.54 Å². The molecule has 0 bridgehead atoms. The Balaban J connectivity index is 3.88. The molecule has 14 heavy (non-hydrogen) atoms. The summed E-state index contributed by atoms with van der Waals surface area (Å²) in [5.74, 6) is 0.112. The molecule has 0 aromatic heterocycles. The molecule has 2 N–H and O–H groups in total. The minimum Gasteiger partial charge on any atom is -0.369 e. The minimum atomic E-state index is -0.598. The summed E-state index contributed by atoms with van der Waals surface area (Å²) in [5.41, 5.74) is 5.48. The van der Waals surface area contributed by atoms with Crippen molar-refractivity contribution in [1.29, 1.82) is 5.26 Å². The maximum Gasteiger partial charge on any atom is 0.204 e. The summed E-state index contributed by atoms with van der Waals surface area (Å²) >= 11 is 0. The largest absolute Gasteiger partial charge is 0.369 e. The second-order valence-electron chi connectivity index (χ2n) is 2.89. The number of nitriles is 1. The van der Waals surface area contributed by atoms with E-state index in [1.807, 2.05) is 0 Å². The number of unbranched alkanes of at least 4 members (excludes halogenated alkanes) is 2. The van der Waals surface area contributed by atoms with Crippen LogP contribution in [0, 0.1) is 11.5 Å². The molecule has 0 aliphatic heterocycles. The molecule has 0 radical (unpaired) electrons. The van der Waals surface area contributed by atoms with Crippen molar-refractivity contribution in [3.63, 3.8) is 0 Å². The quantitative estimate of drug-likeness (QED) is 0.231. The summed E-state index contributed by atoms with van der Waals surface area (Å²) in [7, 11) is 0. The van der Waals surface area contributed by atoms with Gasteiger partial charge in [-0.3, -0.25) is 4.99 Å². The predicted molar refractivity (Wildman–Crippen MR) is 54.3 cm³/mol. The minimum absolute atomic E-state index is 0.0143. The summed E-state index contributed by atoms with van der Waals surface area (Å²) in [6.07, 6.45) is 4.93. The Labute approximate surface area is 84.2 Å². The number of alkyl halides is 1. The van der Waals surface area contributed by atoms with Gasteiger partial charge in [0.15, 0.2) is 6.19 Å². The Kier molecular flexibility index (Phi) is 7.52. The molecule has 0 saturated heterocycles. The summed E-state index contributed by atoms with van der Waals surface area (Å²) < 4.78 is 11.9. The third kappa shape index (κ3) is 5.36. The normalized spacial score (nSPS) is 11.1. The summed E-state index contributed by atoms with van der Waals surface area (Å²) in [6.45, 7) is 2.08. The highest BCUT2D eigenvalue weighted by atomic mass is 19.1. The van der Waals surface area contributed by atoms with E-state index in [9.17, 15) is 4.39 Å². The van der Waals surface area contributed by atoms with Crippen LogP contribution in [-0.4, -0.2) is 30.6 Å². The van der Waals surface area contributed by atoms with E-state index in [-0.39, 0.29) is 12.5 Å². The molecule has 0 unspecified atom stereocenters. The number of hydrogen-bond donors (Lipinski definition) is 1. The van der Waals surface area contributed by atoms with E-state index in [1.165, 1.54) is 0 Å². The Morgan fingerprint density at radius 3 is 2.79 bits per heavy atom. The van der Waals surface area contributed by atoms with Gasteiger partial charge < -0.3 is 5.73 Å². The fraction of sp³-hybridized carbons (Fsp3) is 0.778. The maximum atomic E-state index is 11.9. The molecular weight excluding hydrogens is 183 g/mol. The molecule has 0 spiro atoms. The second kappa shape index (κ2) is 8.30. The van der Waals surface area contributed by atoms with Gasteiger partial charge in [0.2, 0.25) is 5.96 Å². The molecule has 0 aliphatic rings. The number of nitrogens with zero attached hydrogens (tertiary/aromatic N) is 3. The number of aliphatic imine (C=N–C) groups is 1. The average molecular weight is 200 g/mol. The van der Waals surface area contributed by atoms with E-state index in [1.54, 1.807) is 6.19 Å². The van der Waals surface area contributed by atoms with Crippen molar-refractivity contribution in [2.75, 3.05) is 19.8 Å². The van der Waals surface area contributed by atoms with Gasteiger partial charge in [0.05, 0.1) is 6.54 Å². The van der Waals surface area contributed by atoms with Crippen molar-refractivity contribution in [3.8, 4) is 6.19 Å². The average Bonchev–Trinajstić information content (AvgIpc) is 2.20. The molecule has 0 fully saturated rings. The molecule has 0 amide bonds. The first-order valence-electron chi connectivity index (χ1n) is 4.79.